The molecule has 11 heteroatoms. The maximum Gasteiger partial charge on any atom is 0.416 e. The number of nitrogens with two attached hydrogens (primary N) is 1. The highest BCUT2D eigenvalue weighted by Gasteiger charge is 2.30. The number of aromatic nitrogens is 1. The van der Waals surface area contributed by atoms with E-state index in [-0.39, 0.29) is 27.3 Å². The zero-order valence-electron chi connectivity index (χ0n) is 19.1. The van der Waals surface area contributed by atoms with Gasteiger partial charge in [-0.25, -0.2) is 13.8 Å². The predicted octanol–water partition coefficient (Wildman–Crippen LogP) is 7.09. The number of thiazole rings is 1. The number of hydrogen-bond acceptors (Lipinski definition) is 4. The molecule has 1 heterocycles. The molecular weight excluding hydrogens is 513 g/mol. The fraction of sp³-hybridized carbons (Fsp3) is 0.115. The van der Waals surface area contributed by atoms with E-state index in [1.54, 1.807) is 18.2 Å². The van der Waals surface area contributed by atoms with Gasteiger partial charge < -0.3 is 11.1 Å². The number of nitrogens with zero attached hydrogens (tertiary/aromatic N) is 1. The Morgan fingerprint density at radius 1 is 0.946 bits per heavy atom. The van der Waals surface area contributed by atoms with Crippen molar-refractivity contribution in [3.8, 4) is 21.6 Å². The highest BCUT2D eigenvalue weighted by molar-refractivity contribution is 7.15. The Kier molecular flexibility index (Phi) is 7.08. The van der Waals surface area contributed by atoms with Crippen molar-refractivity contribution in [3.05, 3.63) is 94.1 Å². The third-order valence-electron chi connectivity index (χ3n) is 5.47. The molecule has 3 N–H and O–H groups in total. The summed E-state index contributed by atoms with van der Waals surface area (Å²) in [7, 11) is 0. The Morgan fingerprint density at radius 3 is 2.22 bits per heavy atom. The molecule has 0 aliphatic rings. The molecule has 4 rings (SSSR count). The number of anilines is 1. The summed E-state index contributed by atoms with van der Waals surface area (Å²) < 4.78 is 66.3. The third kappa shape index (κ3) is 5.36. The second-order valence-electron chi connectivity index (χ2n) is 7.92. The van der Waals surface area contributed by atoms with Crippen LogP contribution in [0.3, 0.4) is 0 Å². The zero-order chi connectivity index (χ0) is 26.9. The number of primary amides is 1. The van der Waals surface area contributed by atoms with Crippen LogP contribution in [0, 0.1) is 6.92 Å². The molecule has 190 valence electrons. The zero-order valence-corrected chi connectivity index (χ0v) is 19.9. The van der Waals surface area contributed by atoms with Crippen LogP contribution in [0.25, 0.3) is 21.6 Å². The van der Waals surface area contributed by atoms with Crippen LogP contribution >= 0.6 is 11.3 Å². The first kappa shape index (κ1) is 26.0. The van der Waals surface area contributed by atoms with E-state index < -0.39 is 35.7 Å². The molecule has 0 atom stereocenters. The average Bonchev–Trinajstić information content (AvgIpc) is 3.25. The van der Waals surface area contributed by atoms with E-state index in [1.165, 1.54) is 43.3 Å². The van der Waals surface area contributed by atoms with Crippen molar-refractivity contribution in [2.45, 2.75) is 19.5 Å². The van der Waals surface area contributed by atoms with Crippen molar-refractivity contribution in [1.82, 2.24) is 4.98 Å². The maximum absolute atomic E-state index is 13.7. The van der Waals surface area contributed by atoms with Crippen LogP contribution in [-0.4, -0.2) is 16.8 Å². The smallest absolute Gasteiger partial charge is 0.366 e. The number of benzene rings is 3. The van der Waals surface area contributed by atoms with Gasteiger partial charge in [-0.3, -0.25) is 9.59 Å². The summed E-state index contributed by atoms with van der Waals surface area (Å²) in [5, 5.41) is 3.00. The number of para-hydroxylation sites is 1. The van der Waals surface area contributed by atoms with Crippen LogP contribution in [0.5, 0.6) is 0 Å². The molecular formula is C26H18F5N3O2S. The van der Waals surface area contributed by atoms with E-state index in [0.29, 0.717) is 16.1 Å². The topological polar surface area (TPSA) is 85.1 Å². The first-order valence-electron chi connectivity index (χ1n) is 10.7. The number of aryl methyl sites for hydroxylation is 1. The fourth-order valence-corrected chi connectivity index (χ4v) is 4.80. The molecule has 0 saturated carbocycles. The van der Waals surface area contributed by atoms with Crippen LogP contribution in [0.2, 0.25) is 0 Å². The molecule has 0 radical (unpaired) electrons. The van der Waals surface area contributed by atoms with E-state index >= 15 is 0 Å². The van der Waals surface area contributed by atoms with Gasteiger partial charge in [-0.05, 0) is 36.8 Å². The van der Waals surface area contributed by atoms with Crippen LogP contribution < -0.4 is 11.1 Å². The van der Waals surface area contributed by atoms with Crippen molar-refractivity contribution in [3.63, 3.8) is 0 Å². The molecule has 5 nitrogen and oxygen atoms in total. The van der Waals surface area contributed by atoms with E-state index in [0.717, 1.165) is 23.5 Å². The lowest BCUT2D eigenvalue weighted by atomic mass is 9.97. The lowest BCUT2D eigenvalue weighted by molar-refractivity contribution is -0.137. The summed E-state index contributed by atoms with van der Waals surface area (Å²) in [6, 6.07) is 14.9. The number of alkyl halides is 5. The van der Waals surface area contributed by atoms with Gasteiger partial charge in [-0.2, -0.15) is 13.2 Å². The van der Waals surface area contributed by atoms with Gasteiger partial charge >= 0.3 is 6.18 Å². The SMILES string of the molecule is Cc1nc(C(F)F)c(-c2cccc(C(N)=O)c2C(=O)Nc2ccccc2-c2ccc(C(F)(F)F)cc2)s1. The Hall–Kier alpha value is -4.12. The van der Waals surface area contributed by atoms with Crippen LogP contribution in [0.15, 0.2) is 66.7 Å². The highest BCUT2D eigenvalue weighted by atomic mass is 32.1. The second kappa shape index (κ2) is 10.1. The minimum Gasteiger partial charge on any atom is -0.366 e. The first-order chi connectivity index (χ1) is 17.5. The molecule has 0 aliphatic heterocycles. The monoisotopic (exact) mass is 531 g/mol. The Labute approximate surface area is 211 Å². The Morgan fingerprint density at radius 2 is 1.59 bits per heavy atom. The fourth-order valence-electron chi connectivity index (χ4n) is 3.84. The highest BCUT2D eigenvalue weighted by Crippen LogP contribution is 2.39. The van der Waals surface area contributed by atoms with Gasteiger partial charge in [-0.1, -0.05) is 42.5 Å². The van der Waals surface area contributed by atoms with Gasteiger partial charge in [0, 0.05) is 16.8 Å². The number of amides is 2. The number of carbonyl (C=O) groups excluding carboxylic acids is 2. The first-order valence-corrected chi connectivity index (χ1v) is 11.6. The van der Waals surface area contributed by atoms with Crippen molar-refractivity contribution < 1.29 is 31.5 Å². The number of halogens is 5. The van der Waals surface area contributed by atoms with Gasteiger partial charge in [0.15, 0.2) is 0 Å². The summed E-state index contributed by atoms with van der Waals surface area (Å²) in [5.74, 6) is -1.75. The summed E-state index contributed by atoms with van der Waals surface area (Å²) in [4.78, 5) is 29.6. The van der Waals surface area contributed by atoms with Gasteiger partial charge in [0.25, 0.3) is 12.3 Å². The molecule has 37 heavy (non-hydrogen) atoms. The van der Waals surface area contributed by atoms with Crippen LogP contribution in [0.1, 0.15) is 43.4 Å². The van der Waals surface area contributed by atoms with E-state index in [1.807, 2.05) is 0 Å². The van der Waals surface area contributed by atoms with Crippen LogP contribution in [-0.2, 0) is 6.18 Å². The van der Waals surface area contributed by atoms with Crippen LogP contribution in [0.4, 0.5) is 27.6 Å². The summed E-state index contributed by atoms with van der Waals surface area (Å²) in [6.07, 6.45) is -7.43. The summed E-state index contributed by atoms with van der Waals surface area (Å²) in [5.41, 5.74) is 4.82. The average molecular weight is 532 g/mol. The molecule has 1 aromatic heterocycles. The van der Waals surface area contributed by atoms with Gasteiger partial charge in [0.05, 0.1) is 26.6 Å². The second-order valence-corrected chi connectivity index (χ2v) is 9.12. The number of hydrogen-bond donors (Lipinski definition) is 2. The molecule has 2 amide bonds. The third-order valence-corrected chi connectivity index (χ3v) is 6.49. The molecule has 4 aromatic rings. The number of carbonyl (C=O) groups is 2. The molecule has 0 fully saturated rings. The van der Waals surface area contributed by atoms with Gasteiger partial charge in [0.1, 0.15) is 5.69 Å². The van der Waals surface area contributed by atoms with E-state index in [4.69, 9.17) is 5.73 Å². The minimum absolute atomic E-state index is 0.0248. The maximum atomic E-state index is 13.7. The van der Waals surface area contributed by atoms with E-state index in [9.17, 15) is 31.5 Å². The number of nitrogens with one attached hydrogen (secondary N) is 1. The van der Waals surface area contributed by atoms with Gasteiger partial charge in [-0.15, -0.1) is 11.3 Å². The number of rotatable bonds is 6. The van der Waals surface area contributed by atoms with Crippen molar-refractivity contribution in [1.29, 1.82) is 0 Å². The Bertz CT molecular complexity index is 1480. The lowest BCUT2D eigenvalue weighted by Crippen LogP contribution is -2.21. The molecule has 0 saturated heterocycles. The van der Waals surface area contributed by atoms with Crippen molar-refractivity contribution in [2.24, 2.45) is 5.73 Å². The van der Waals surface area contributed by atoms with Crippen molar-refractivity contribution in [2.75, 3.05) is 5.32 Å². The lowest BCUT2D eigenvalue weighted by Gasteiger charge is -2.16. The Balaban J connectivity index is 1.79. The quantitative estimate of drug-likeness (QED) is 0.261. The normalized spacial score (nSPS) is 11.5. The van der Waals surface area contributed by atoms with Crippen molar-refractivity contribution >= 4 is 28.8 Å². The van der Waals surface area contributed by atoms with Gasteiger partial charge in [0.2, 0.25) is 5.91 Å². The summed E-state index contributed by atoms with van der Waals surface area (Å²) in [6.45, 7) is 1.54. The molecule has 0 bridgehead atoms. The predicted molar refractivity (Wildman–Crippen MR) is 131 cm³/mol. The van der Waals surface area contributed by atoms with E-state index in [2.05, 4.69) is 10.3 Å². The standard InChI is InChI=1S/C26H18F5N3O2S/c1-13-33-21(23(27)28)22(37-13)17-6-4-7-18(24(32)35)20(17)25(36)34-19-8-3-2-5-16(19)14-9-11-15(12-10-14)26(29,30)31/h2-12,23H,1H3,(H2,32,35)(H,34,36). The summed E-state index contributed by atoms with van der Waals surface area (Å²) >= 11 is 0.942. The minimum atomic E-state index is -4.51. The molecule has 3 aromatic carbocycles. The molecule has 0 unspecified atom stereocenters. The molecule has 0 spiro atoms. The molecule has 0 aliphatic carbocycles. The largest absolute Gasteiger partial charge is 0.416 e.